The van der Waals surface area contributed by atoms with Crippen molar-refractivity contribution in [3.63, 3.8) is 0 Å². The van der Waals surface area contributed by atoms with Crippen LogP contribution < -0.4 is 4.74 Å². The van der Waals surface area contributed by atoms with Gasteiger partial charge in [-0.15, -0.1) is 0 Å². The molecule has 1 saturated heterocycles. The first-order valence-corrected chi connectivity index (χ1v) is 7.34. The van der Waals surface area contributed by atoms with Crippen LogP contribution in [-0.2, 0) is 9.53 Å². The number of carboxylic acid groups (broad SMARTS) is 1. The number of carbonyl (C=O) groups excluding carboxylic acids is 1. The van der Waals surface area contributed by atoms with E-state index in [0.29, 0.717) is 36.9 Å². The van der Waals surface area contributed by atoms with Gasteiger partial charge >= 0.3 is 5.97 Å². The molecule has 1 atom stereocenters. The van der Waals surface area contributed by atoms with Gasteiger partial charge in [0.15, 0.2) is 6.61 Å². The SMILES string of the molecule is O=C(O)COc1cccc(C(=O)N2CCOCC2c2ncn[nH]2)c1. The summed E-state index contributed by atoms with van der Waals surface area (Å²) in [5, 5.41) is 15.2. The lowest BCUT2D eigenvalue weighted by Gasteiger charge is -2.34. The quantitative estimate of drug-likeness (QED) is 0.817. The zero-order valence-corrected chi connectivity index (χ0v) is 12.7. The first kappa shape index (κ1) is 15.9. The number of amides is 1. The van der Waals surface area contributed by atoms with Crippen LogP contribution in [0.4, 0.5) is 0 Å². The summed E-state index contributed by atoms with van der Waals surface area (Å²) in [7, 11) is 0. The van der Waals surface area contributed by atoms with E-state index < -0.39 is 12.6 Å². The highest BCUT2D eigenvalue weighted by Gasteiger charge is 2.31. The molecule has 3 rings (SSSR count). The van der Waals surface area contributed by atoms with E-state index in [1.807, 2.05) is 0 Å². The molecule has 1 amide bonds. The molecule has 1 aromatic carbocycles. The van der Waals surface area contributed by atoms with Gasteiger partial charge in [-0.1, -0.05) is 6.07 Å². The van der Waals surface area contributed by atoms with Crippen LogP contribution in [0.25, 0.3) is 0 Å². The number of rotatable bonds is 5. The molecule has 1 aliphatic rings. The summed E-state index contributed by atoms with van der Waals surface area (Å²) in [6, 6.07) is 6.08. The molecule has 1 fully saturated rings. The average molecular weight is 332 g/mol. The van der Waals surface area contributed by atoms with Gasteiger partial charge in [-0.05, 0) is 18.2 Å². The molecule has 0 spiro atoms. The number of benzene rings is 1. The lowest BCUT2D eigenvalue weighted by atomic mass is 10.1. The predicted molar refractivity (Wildman–Crippen MR) is 80.6 cm³/mol. The Morgan fingerprint density at radius 3 is 3.08 bits per heavy atom. The highest BCUT2D eigenvalue weighted by Crippen LogP contribution is 2.24. The number of ether oxygens (including phenoxy) is 2. The number of H-pyrrole nitrogens is 1. The molecular formula is C15H16N4O5. The summed E-state index contributed by atoms with van der Waals surface area (Å²) < 4.78 is 10.6. The maximum Gasteiger partial charge on any atom is 0.341 e. The normalized spacial score (nSPS) is 17.5. The second-order valence-corrected chi connectivity index (χ2v) is 5.17. The van der Waals surface area contributed by atoms with Crippen LogP contribution in [0.3, 0.4) is 0 Å². The second-order valence-electron chi connectivity index (χ2n) is 5.17. The molecule has 9 heteroatoms. The van der Waals surface area contributed by atoms with Crippen LogP contribution in [0.1, 0.15) is 22.2 Å². The molecule has 0 radical (unpaired) electrons. The molecule has 2 heterocycles. The Balaban J connectivity index is 1.79. The molecular weight excluding hydrogens is 316 g/mol. The smallest absolute Gasteiger partial charge is 0.341 e. The largest absolute Gasteiger partial charge is 0.482 e. The lowest BCUT2D eigenvalue weighted by molar-refractivity contribution is -0.139. The summed E-state index contributed by atoms with van der Waals surface area (Å²) in [4.78, 5) is 29.2. The van der Waals surface area contributed by atoms with Gasteiger partial charge in [0, 0.05) is 12.1 Å². The van der Waals surface area contributed by atoms with Crippen LogP contribution in [0.2, 0.25) is 0 Å². The Bertz CT molecular complexity index is 718. The second kappa shape index (κ2) is 7.09. The number of aromatic nitrogens is 3. The van der Waals surface area contributed by atoms with Crippen molar-refractivity contribution in [2.75, 3.05) is 26.4 Å². The summed E-state index contributed by atoms with van der Waals surface area (Å²) in [5.74, 6) is -0.403. The van der Waals surface area contributed by atoms with Gasteiger partial charge in [0.1, 0.15) is 23.9 Å². The van der Waals surface area contributed by atoms with Crippen molar-refractivity contribution in [3.05, 3.63) is 42.0 Å². The number of morpholine rings is 1. The van der Waals surface area contributed by atoms with Crippen molar-refractivity contribution in [2.45, 2.75) is 6.04 Å². The van der Waals surface area contributed by atoms with E-state index in [1.165, 1.54) is 12.4 Å². The van der Waals surface area contributed by atoms with Gasteiger partial charge in [0.25, 0.3) is 5.91 Å². The third kappa shape index (κ3) is 3.51. The third-order valence-corrected chi connectivity index (χ3v) is 3.58. The van der Waals surface area contributed by atoms with Crippen molar-refractivity contribution in [2.24, 2.45) is 0 Å². The summed E-state index contributed by atoms with van der Waals surface area (Å²) >= 11 is 0. The van der Waals surface area contributed by atoms with Crippen LogP contribution in [0.5, 0.6) is 5.75 Å². The minimum atomic E-state index is -1.08. The van der Waals surface area contributed by atoms with Gasteiger partial charge in [0.2, 0.25) is 0 Å². The van der Waals surface area contributed by atoms with E-state index in [2.05, 4.69) is 15.2 Å². The van der Waals surface area contributed by atoms with Crippen molar-refractivity contribution in [3.8, 4) is 5.75 Å². The molecule has 2 N–H and O–H groups in total. The van der Waals surface area contributed by atoms with E-state index in [1.54, 1.807) is 23.1 Å². The number of carboxylic acids is 1. The highest BCUT2D eigenvalue weighted by molar-refractivity contribution is 5.95. The number of nitrogens with zero attached hydrogens (tertiary/aromatic N) is 3. The molecule has 0 aliphatic carbocycles. The molecule has 2 aromatic rings. The van der Waals surface area contributed by atoms with E-state index in [4.69, 9.17) is 14.6 Å². The minimum Gasteiger partial charge on any atom is -0.482 e. The molecule has 9 nitrogen and oxygen atoms in total. The maximum absolute atomic E-state index is 12.8. The Labute approximate surface area is 137 Å². The molecule has 1 aromatic heterocycles. The zero-order valence-electron chi connectivity index (χ0n) is 12.7. The van der Waals surface area contributed by atoms with Crippen LogP contribution >= 0.6 is 0 Å². The maximum atomic E-state index is 12.8. The Kier molecular flexibility index (Phi) is 4.71. The van der Waals surface area contributed by atoms with Gasteiger partial charge in [-0.3, -0.25) is 9.89 Å². The van der Waals surface area contributed by atoms with Crippen molar-refractivity contribution in [1.82, 2.24) is 20.1 Å². The zero-order chi connectivity index (χ0) is 16.9. The number of nitrogens with one attached hydrogen (secondary N) is 1. The topological polar surface area (TPSA) is 118 Å². The Hall–Kier alpha value is -2.94. The average Bonchev–Trinajstić information content (AvgIpc) is 3.14. The number of aromatic amines is 1. The fourth-order valence-corrected chi connectivity index (χ4v) is 2.48. The Morgan fingerprint density at radius 2 is 2.33 bits per heavy atom. The first-order chi connectivity index (χ1) is 11.6. The number of carbonyl (C=O) groups is 2. The summed E-state index contributed by atoms with van der Waals surface area (Å²) in [6.45, 7) is 0.724. The van der Waals surface area contributed by atoms with Gasteiger partial charge in [-0.25, -0.2) is 9.78 Å². The Morgan fingerprint density at radius 1 is 1.46 bits per heavy atom. The molecule has 126 valence electrons. The first-order valence-electron chi connectivity index (χ1n) is 7.34. The van der Waals surface area contributed by atoms with Crippen molar-refractivity contribution >= 4 is 11.9 Å². The van der Waals surface area contributed by atoms with Gasteiger partial charge in [-0.2, -0.15) is 5.10 Å². The van der Waals surface area contributed by atoms with Crippen molar-refractivity contribution < 1.29 is 24.2 Å². The van der Waals surface area contributed by atoms with Gasteiger partial charge in [0.05, 0.1) is 13.2 Å². The van der Waals surface area contributed by atoms with Crippen LogP contribution in [0.15, 0.2) is 30.6 Å². The monoisotopic (exact) mass is 332 g/mol. The van der Waals surface area contributed by atoms with E-state index in [9.17, 15) is 9.59 Å². The number of hydrogen-bond donors (Lipinski definition) is 2. The third-order valence-electron chi connectivity index (χ3n) is 3.58. The summed E-state index contributed by atoms with van der Waals surface area (Å²) in [6.07, 6.45) is 1.38. The standard InChI is InChI=1S/C15H16N4O5/c20-13(21)8-24-11-3-1-2-10(6-11)15(22)19-4-5-23-7-12(19)14-16-9-17-18-14/h1-3,6,9,12H,4-5,7-8H2,(H,20,21)(H,16,17,18). The molecule has 1 aliphatic heterocycles. The highest BCUT2D eigenvalue weighted by atomic mass is 16.5. The summed E-state index contributed by atoms with van der Waals surface area (Å²) in [5.41, 5.74) is 0.407. The van der Waals surface area contributed by atoms with E-state index in [-0.39, 0.29) is 11.9 Å². The van der Waals surface area contributed by atoms with Crippen molar-refractivity contribution in [1.29, 1.82) is 0 Å². The fourth-order valence-electron chi connectivity index (χ4n) is 2.48. The van der Waals surface area contributed by atoms with Gasteiger partial charge < -0.3 is 19.5 Å². The predicted octanol–water partition coefficient (Wildman–Crippen LogP) is 0.482. The fraction of sp³-hybridized carbons (Fsp3) is 0.333. The molecule has 0 bridgehead atoms. The lowest BCUT2D eigenvalue weighted by Crippen LogP contribution is -2.43. The van der Waals surface area contributed by atoms with E-state index >= 15 is 0 Å². The minimum absolute atomic E-state index is 0.208. The molecule has 1 unspecified atom stereocenters. The number of aliphatic carboxylic acids is 1. The number of hydrogen-bond acceptors (Lipinski definition) is 6. The van der Waals surface area contributed by atoms with Crippen LogP contribution in [0, 0.1) is 0 Å². The molecule has 24 heavy (non-hydrogen) atoms. The molecule has 0 saturated carbocycles. The van der Waals surface area contributed by atoms with Crippen LogP contribution in [-0.4, -0.2) is 63.4 Å². The van der Waals surface area contributed by atoms with E-state index in [0.717, 1.165) is 0 Å².